The summed E-state index contributed by atoms with van der Waals surface area (Å²) in [6, 6.07) is 5.91. The molecule has 21 heavy (non-hydrogen) atoms. The Hall–Kier alpha value is -1.45. The van der Waals surface area contributed by atoms with Crippen molar-refractivity contribution in [3.8, 4) is 0 Å². The fourth-order valence-corrected chi connectivity index (χ4v) is 3.31. The number of benzene rings is 1. The van der Waals surface area contributed by atoms with Gasteiger partial charge in [0.25, 0.3) is 0 Å². The van der Waals surface area contributed by atoms with Crippen LogP contribution in [-0.4, -0.2) is 30.2 Å². The summed E-state index contributed by atoms with van der Waals surface area (Å²) in [6.45, 7) is 6.68. The van der Waals surface area contributed by atoms with Gasteiger partial charge in [-0.3, -0.25) is 4.79 Å². The average molecular weight is 286 g/mol. The van der Waals surface area contributed by atoms with E-state index < -0.39 is 0 Å². The summed E-state index contributed by atoms with van der Waals surface area (Å²) < 4.78 is 6.02. The zero-order chi connectivity index (χ0) is 15.2. The van der Waals surface area contributed by atoms with Gasteiger partial charge in [-0.1, -0.05) is 37.6 Å². The summed E-state index contributed by atoms with van der Waals surface area (Å²) in [5.74, 6) is 0.204. The van der Waals surface area contributed by atoms with Crippen molar-refractivity contribution in [3.63, 3.8) is 0 Å². The minimum absolute atomic E-state index is 0.0281. The molecule has 1 atom stereocenters. The van der Waals surface area contributed by atoms with Crippen LogP contribution in [-0.2, 0) is 4.74 Å². The highest BCUT2D eigenvalue weighted by molar-refractivity contribution is 6.06. The van der Waals surface area contributed by atoms with Gasteiger partial charge in [0.1, 0.15) is 0 Å². The molecule has 3 rings (SSSR count). The Morgan fingerprint density at radius 1 is 1.38 bits per heavy atom. The molecule has 0 radical (unpaired) electrons. The van der Waals surface area contributed by atoms with Crippen molar-refractivity contribution in [2.24, 2.45) is 5.41 Å². The van der Waals surface area contributed by atoms with Crippen molar-refractivity contribution in [1.29, 1.82) is 0 Å². The van der Waals surface area contributed by atoms with Crippen LogP contribution in [0, 0.1) is 12.3 Å². The van der Waals surface area contributed by atoms with Gasteiger partial charge < -0.3 is 9.84 Å². The quantitative estimate of drug-likeness (QED) is 0.908. The van der Waals surface area contributed by atoms with E-state index in [0.29, 0.717) is 13.0 Å². The lowest BCUT2D eigenvalue weighted by atomic mass is 9.75. The number of aliphatic hydroxyl groups excluding tert-OH is 1. The largest absolute Gasteiger partial charge is 0.396 e. The highest BCUT2D eigenvalue weighted by Gasteiger charge is 2.37. The van der Waals surface area contributed by atoms with E-state index in [4.69, 9.17) is 4.74 Å². The molecule has 1 aromatic rings. The lowest BCUT2D eigenvalue weighted by molar-refractivity contribution is -0.0412. The van der Waals surface area contributed by atoms with Gasteiger partial charge in [0.05, 0.1) is 19.3 Å². The third-order valence-corrected chi connectivity index (χ3v) is 4.82. The van der Waals surface area contributed by atoms with E-state index in [2.05, 4.69) is 0 Å². The number of Topliss-reactive ketones (excluding diaryl/α,β-unsaturated/α-hetero) is 1. The van der Waals surface area contributed by atoms with Crippen molar-refractivity contribution >= 4 is 11.4 Å². The normalized spacial score (nSPS) is 22.1. The van der Waals surface area contributed by atoms with Gasteiger partial charge in [0, 0.05) is 17.4 Å². The van der Waals surface area contributed by atoms with Crippen LogP contribution in [0.1, 0.15) is 48.2 Å². The first-order valence-corrected chi connectivity index (χ1v) is 7.50. The topological polar surface area (TPSA) is 46.5 Å². The van der Waals surface area contributed by atoms with Crippen LogP contribution in [0.25, 0.3) is 5.57 Å². The summed E-state index contributed by atoms with van der Waals surface area (Å²) >= 11 is 0. The second-order valence-electron chi connectivity index (χ2n) is 6.83. The molecule has 1 aliphatic carbocycles. The van der Waals surface area contributed by atoms with Gasteiger partial charge >= 0.3 is 0 Å². The number of ketones is 1. The number of hydrogen-bond acceptors (Lipinski definition) is 3. The zero-order valence-corrected chi connectivity index (χ0v) is 12.9. The third-order valence-electron chi connectivity index (χ3n) is 4.82. The van der Waals surface area contributed by atoms with Gasteiger partial charge in [-0.25, -0.2) is 0 Å². The molecule has 112 valence electrons. The van der Waals surface area contributed by atoms with E-state index in [-0.39, 0.29) is 23.9 Å². The Kier molecular flexibility index (Phi) is 3.50. The molecule has 0 saturated heterocycles. The summed E-state index contributed by atoms with van der Waals surface area (Å²) in [5, 5.41) is 9.53. The molecule has 1 N–H and O–H groups in total. The number of fused-ring (bicyclic) bond motifs is 2. The summed E-state index contributed by atoms with van der Waals surface area (Å²) in [4.78, 5) is 12.4. The molecule has 1 aliphatic heterocycles. The van der Waals surface area contributed by atoms with Gasteiger partial charge in [0.15, 0.2) is 5.78 Å². The molecule has 3 heteroatoms. The van der Waals surface area contributed by atoms with Crippen LogP contribution < -0.4 is 0 Å². The maximum absolute atomic E-state index is 12.4. The maximum Gasteiger partial charge on any atom is 0.167 e. The lowest BCUT2D eigenvalue weighted by Crippen LogP contribution is -2.39. The zero-order valence-electron chi connectivity index (χ0n) is 12.9. The van der Waals surface area contributed by atoms with Crippen LogP contribution >= 0.6 is 0 Å². The first-order valence-electron chi connectivity index (χ1n) is 7.50. The number of carbonyl (C=O) groups is 1. The first kappa shape index (κ1) is 14.5. The van der Waals surface area contributed by atoms with Gasteiger partial charge in [-0.05, 0) is 30.0 Å². The number of aryl methyl sites for hydroxylation is 1. The molecule has 1 aromatic carbocycles. The summed E-state index contributed by atoms with van der Waals surface area (Å²) in [5.41, 5.74) is 5.14. The van der Waals surface area contributed by atoms with E-state index >= 15 is 0 Å². The van der Waals surface area contributed by atoms with E-state index in [1.807, 2.05) is 39.0 Å². The van der Waals surface area contributed by atoms with Crippen molar-refractivity contribution in [2.45, 2.75) is 39.7 Å². The van der Waals surface area contributed by atoms with Gasteiger partial charge in [-0.2, -0.15) is 0 Å². The van der Waals surface area contributed by atoms with Crippen LogP contribution in [0.4, 0.5) is 0 Å². The van der Waals surface area contributed by atoms with E-state index in [1.54, 1.807) is 0 Å². The number of aliphatic hydroxyl groups is 1. The molecule has 0 spiro atoms. The van der Waals surface area contributed by atoms with Crippen molar-refractivity contribution < 1.29 is 14.6 Å². The van der Waals surface area contributed by atoms with Gasteiger partial charge in [0.2, 0.25) is 0 Å². The standard InChI is InChI=1S/C18H22O3/c1-11-5-4-6-13-15(20)7-12-8-16(18(2,3)10-19)21-9-14(12)17(11)13/h4-6,16,19H,7-10H2,1-3H3/t16-/m0/s1. The molecule has 0 fully saturated rings. The molecule has 0 saturated carbocycles. The lowest BCUT2D eigenvalue weighted by Gasteiger charge is -2.39. The number of hydrogen-bond donors (Lipinski definition) is 1. The van der Waals surface area contributed by atoms with Crippen molar-refractivity contribution in [3.05, 3.63) is 40.5 Å². The number of ether oxygens (including phenoxy) is 1. The highest BCUT2D eigenvalue weighted by Crippen LogP contribution is 2.42. The number of carbonyl (C=O) groups excluding carboxylic acids is 1. The molecule has 1 heterocycles. The molecule has 0 bridgehead atoms. The van der Waals surface area contributed by atoms with Crippen LogP contribution in [0.5, 0.6) is 0 Å². The van der Waals surface area contributed by atoms with Crippen LogP contribution in [0.3, 0.4) is 0 Å². The Balaban J connectivity index is 2.02. The van der Waals surface area contributed by atoms with Crippen molar-refractivity contribution in [2.75, 3.05) is 13.2 Å². The Labute approximate surface area is 125 Å². The summed E-state index contributed by atoms with van der Waals surface area (Å²) in [6.07, 6.45) is 1.20. The monoisotopic (exact) mass is 286 g/mol. The molecular weight excluding hydrogens is 264 g/mol. The molecular formula is C18H22O3. The smallest absolute Gasteiger partial charge is 0.167 e. The fraction of sp³-hybridized carbons (Fsp3) is 0.500. The maximum atomic E-state index is 12.4. The number of rotatable bonds is 2. The second kappa shape index (κ2) is 5.08. The molecule has 0 unspecified atom stereocenters. The molecule has 3 nitrogen and oxygen atoms in total. The van der Waals surface area contributed by atoms with Crippen LogP contribution in [0.15, 0.2) is 23.8 Å². The van der Waals surface area contributed by atoms with Crippen molar-refractivity contribution in [1.82, 2.24) is 0 Å². The third kappa shape index (κ3) is 2.34. The van der Waals surface area contributed by atoms with E-state index in [0.717, 1.165) is 23.1 Å². The molecule has 2 aliphatic rings. The Bertz CT molecular complexity index is 625. The highest BCUT2D eigenvalue weighted by atomic mass is 16.5. The Morgan fingerprint density at radius 3 is 2.86 bits per heavy atom. The first-order chi connectivity index (χ1) is 9.94. The fourth-order valence-electron chi connectivity index (χ4n) is 3.31. The SMILES string of the molecule is Cc1cccc2c1C1=C(CC2=O)C[C@@H](C(C)(C)CO)OC1. The summed E-state index contributed by atoms with van der Waals surface area (Å²) in [7, 11) is 0. The predicted molar refractivity (Wildman–Crippen MR) is 82.3 cm³/mol. The molecule has 0 amide bonds. The average Bonchev–Trinajstić information content (AvgIpc) is 2.47. The van der Waals surface area contributed by atoms with E-state index in [1.165, 1.54) is 11.1 Å². The van der Waals surface area contributed by atoms with Crippen LogP contribution in [0.2, 0.25) is 0 Å². The predicted octanol–water partition coefficient (Wildman–Crippen LogP) is 3.14. The van der Waals surface area contributed by atoms with Gasteiger partial charge in [-0.15, -0.1) is 0 Å². The minimum atomic E-state index is -0.284. The molecule has 0 aromatic heterocycles. The minimum Gasteiger partial charge on any atom is -0.396 e. The van der Waals surface area contributed by atoms with E-state index in [9.17, 15) is 9.90 Å². The second-order valence-corrected chi connectivity index (χ2v) is 6.83. The Morgan fingerprint density at radius 2 is 2.14 bits per heavy atom.